The molecule has 0 fully saturated rings. The standard InChI is InChI=1S/C10H19NO3/c1-4-11(5-2)9(12)7-6-8-10(13)14-3/h4-8H2,1-3H3. The van der Waals surface area contributed by atoms with Gasteiger partial charge in [0.2, 0.25) is 5.91 Å². The summed E-state index contributed by atoms with van der Waals surface area (Å²) in [5.74, 6) is -0.142. The predicted octanol–water partition coefficient (Wildman–Crippen LogP) is 1.20. The molecule has 0 atom stereocenters. The first-order valence-corrected chi connectivity index (χ1v) is 5.00. The van der Waals surface area contributed by atoms with Crippen molar-refractivity contribution < 1.29 is 14.3 Å². The summed E-state index contributed by atoms with van der Waals surface area (Å²) in [5, 5.41) is 0. The van der Waals surface area contributed by atoms with Gasteiger partial charge in [0, 0.05) is 25.9 Å². The Balaban J connectivity index is 3.67. The normalized spacial score (nSPS) is 9.64. The van der Waals surface area contributed by atoms with Gasteiger partial charge in [0.25, 0.3) is 0 Å². The number of amides is 1. The molecular weight excluding hydrogens is 182 g/mol. The van der Waals surface area contributed by atoms with Crippen LogP contribution in [-0.2, 0) is 14.3 Å². The fourth-order valence-electron chi connectivity index (χ4n) is 1.22. The summed E-state index contributed by atoms with van der Waals surface area (Å²) >= 11 is 0. The van der Waals surface area contributed by atoms with E-state index in [-0.39, 0.29) is 11.9 Å². The molecule has 0 aromatic carbocycles. The van der Waals surface area contributed by atoms with E-state index in [9.17, 15) is 9.59 Å². The number of esters is 1. The predicted molar refractivity (Wildman–Crippen MR) is 53.8 cm³/mol. The molecule has 4 heteroatoms. The number of carbonyl (C=O) groups excluding carboxylic acids is 2. The van der Waals surface area contributed by atoms with E-state index in [0.29, 0.717) is 19.3 Å². The Morgan fingerprint density at radius 1 is 1.14 bits per heavy atom. The summed E-state index contributed by atoms with van der Waals surface area (Å²) in [6, 6.07) is 0. The van der Waals surface area contributed by atoms with E-state index in [1.54, 1.807) is 4.90 Å². The number of ether oxygens (including phenoxy) is 1. The van der Waals surface area contributed by atoms with E-state index in [0.717, 1.165) is 13.1 Å². The quantitative estimate of drug-likeness (QED) is 0.607. The zero-order chi connectivity index (χ0) is 11.0. The lowest BCUT2D eigenvalue weighted by Gasteiger charge is -2.18. The van der Waals surface area contributed by atoms with Gasteiger partial charge in [-0.15, -0.1) is 0 Å². The Morgan fingerprint density at radius 3 is 2.14 bits per heavy atom. The molecule has 0 radical (unpaired) electrons. The number of carbonyl (C=O) groups is 2. The monoisotopic (exact) mass is 201 g/mol. The minimum atomic E-state index is -0.252. The molecular formula is C10H19NO3. The highest BCUT2D eigenvalue weighted by Gasteiger charge is 2.09. The minimum absolute atomic E-state index is 0.110. The zero-order valence-electron chi connectivity index (χ0n) is 9.21. The SMILES string of the molecule is CCN(CC)C(=O)CCCC(=O)OC. The molecule has 0 bridgehead atoms. The smallest absolute Gasteiger partial charge is 0.305 e. The van der Waals surface area contributed by atoms with Gasteiger partial charge in [0.15, 0.2) is 0 Å². The number of hydrogen-bond acceptors (Lipinski definition) is 3. The van der Waals surface area contributed by atoms with Crippen LogP contribution in [0.4, 0.5) is 0 Å². The minimum Gasteiger partial charge on any atom is -0.469 e. The van der Waals surface area contributed by atoms with Crippen molar-refractivity contribution in [3.63, 3.8) is 0 Å². The molecule has 0 aromatic heterocycles. The molecule has 0 aromatic rings. The highest BCUT2D eigenvalue weighted by atomic mass is 16.5. The topological polar surface area (TPSA) is 46.6 Å². The molecule has 0 aliphatic carbocycles. The van der Waals surface area contributed by atoms with Crippen LogP contribution in [0, 0.1) is 0 Å². The Labute approximate surface area is 85.2 Å². The summed E-state index contributed by atoms with van der Waals surface area (Å²) < 4.78 is 4.48. The maximum absolute atomic E-state index is 11.4. The number of methoxy groups -OCH3 is 1. The third-order valence-electron chi connectivity index (χ3n) is 2.12. The van der Waals surface area contributed by atoms with Crippen LogP contribution in [0.5, 0.6) is 0 Å². The lowest BCUT2D eigenvalue weighted by molar-refractivity contribution is -0.140. The molecule has 0 rings (SSSR count). The molecule has 0 spiro atoms. The van der Waals surface area contributed by atoms with Crippen molar-refractivity contribution in [1.82, 2.24) is 4.90 Å². The Morgan fingerprint density at radius 2 is 1.71 bits per heavy atom. The van der Waals surface area contributed by atoms with Gasteiger partial charge in [-0.05, 0) is 20.3 Å². The van der Waals surface area contributed by atoms with Gasteiger partial charge in [-0.3, -0.25) is 9.59 Å². The number of hydrogen-bond donors (Lipinski definition) is 0. The van der Waals surface area contributed by atoms with Crippen molar-refractivity contribution in [3.05, 3.63) is 0 Å². The van der Waals surface area contributed by atoms with Crippen LogP contribution in [0.1, 0.15) is 33.1 Å². The molecule has 1 amide bonds. The third kappa shape index (κ3) is 4.84. The molecule has 14 heavy (non-hydrogen) atoms. The van der Waals surface area contributed by atoms with Gasteiger partial charge >= 0.3 is 5.97 Å². The Hall–Kier alpha value is -1.06. The van der Waals surface area contributed by atoms with Crippen molar-refractivity contribution >= 4 is 11.9 Å². The van der Waals surface area contributed by atoms with Gasteiger partial charge in [-0.1, -0.05) is 0 Å². The fourth-order valence-corrected chi connectivity index (χ4v) is 1.22. The van der Waals surface area contributed by atoms with E-state index in [1.165, 1.54) is 7.11 Å². The lowest BCUT2D eigenvalue weighted by Crippen LogP contribution is -2.30. The largest absolute Gasteiger partial charge is 0.469 e. The molecule has 0 saturated heterocycles. The first-order valence-electron chi connectivity index (χ1n) is 5.00. The Bertz CT molecular complexity index is 188. The van der Waals surface area contributed by atoms with Crippen LogP contribution in [0.25, 0.3) is 0 Å². The van der Waals surface area contributed by atoms with Crippen LogP contribution >= 0.6 is 0 Å². The molecule has 4 nitrogen and oxygen atoms in total. The molecule has 0 N–H and O–H groups in total. The second-order valence-electron chi connectivity index (χ2n) is 3.00. The van der Waals surface area contributed by atoms with Gasteiger partial charge in [0.1, 0.15) is 0 Å². The van der Waals surface area contributed by atoms with Crippen molar-refractivity contribution in [2.45, 2.75) is 33.1 Å². The van der Waals surface area contributed by atoms with Gasteiger partial charge in [0.05, 0.1) is 7.11 Å². The summed E-state index contributed by atoms with van der Waals surface area (Å²) in [6.07, 6.45) is 1.32. The van der Waals surface area contributed by atoms with Crippen LogP contribution in [0.2, 0.25) is 0 Å². The van der Waals surface area contributed by atoms with Crippen LogP contribution < -0.4 is 0 Å². The molecule has 0 aliphatic heterocycles. The van der Waals surface area contributed by atoms with E-state index in [4.69, 9.17) is 0 Å². The van der Waals surface area contributed by atoms with Crippen LogP contribution in [-0.4, -0.2) is 37.0 Å². The summed E-state index contributed by atoms with van der Waals surface area (Å²) in [7, 11) is 1.36. The molecule has 0 heterocycles. The average Bonchev–Trinajstić information content (AvgIpc) is 2.19. The lowest BCUT2D eigenvalue weighted by atomic mass is 10.2. The highest BCUT2D eigenvalue weighted by molar-refractivity contribution is 5.77. The third-order valence-corrected chi connectivity index (χ3v) is 2.12. The van der Waals surface area contributed by atoms with Crippen LogP contribution in [0.3, 0.4) is 0 Å². The molecule has 82 valence electrons. The van der Waals surface area contributed by atoms with E-state index >= 15 is 0 Å². The van der Waals surface area contributed by atoms with Crippen molar-refractivity contribution in [2.24, 2.45) is 0 Å². The molecule has 0 saturated carbocycles. The molecule has 0 unspecified atom stereocenters. The van der Waals surface area contributed by atoms with Crippen LogP contribution in [0.15, 0.2) is 0 Å². The zero-order valence-corrected chi connectivity index (χ0v) is 9.21. The van der Waals surface area contributed by atoms with Gasteiger partial charge in [-0.2, -0.15) is 0 Å². The van der Waals surface area contributed by atoms with Gasteiger partial charge in [-0.25, -0.2) is 0 Å². The van der Waals surface area contributed by atoms with Crippen molar-refractivity contribution in [3.8, 4) is 0 Å². The van der Waals surface area contributed by atoms with E-state index < -0.39 is 0 Å². The number of rotatable bonds is 6. The second-order valence-corrected chi connectivity index (χ2v) is 3.00. The Kier molecular flexibility index (Phi) is 6.80. The fraction of sp³-hybridized carbons (Fsp3) is 0.800. The maximum Gasteiger partial charge on any atom is 0.305 e. The second kappa shape index (κ2) is 7.35. The summed E-state index contributed by atoms with van der Waals surface area (Å²) in [5.41, 5.74) is 0. The van der Waals surface area contributed by atoms with E-state index in [1.807, 2.05) is 13.8 Å². The van der Waals surface area contributed by atoms with Crippen molar-refractivity contribution in [2.75, 3.05) is 20.2 Å². The maximum atomic E-state index is 11.4. The first-order chi connectivity index (χ1) is 6.65. The molecule has 0 aliphatic rings. The van der Waals surface area contributed by atoms with Gasteiger partial charge < -0.3 is 9.64 Å². The van der Waals surface area contributed by atoms with E-state index in [2.05, 4.69) is 4.74 Å². The first kappa shape index (κ1) is 12.9. The number of nitrogens with zero attached hydrogens (tertiary/aromatic N) is 1. The highest BCUT2D eigenvalue weighted by Crippen LogP contribution is 2.01. The van der Waals surface area contributed by atoms with Crippen molar-refractivity contribution in [1.29, 1.82) is 0 Å². The summed E-state index contributed by atoms with van der Waals surface area (Å²) in [4.78, 5) is 24.0. The summed E-state index contributed by atoms with van der Waals surface area (Å²) in [6.45, 7) is 5.35. The average molecular weight is 201 g/mol.